The number of benzene rings is 2. The largest absolute Gasteiger partial charge is 0.491 e. The summed E-state index contributed by atoms with van der Waals surface area (Å²) in [4.78, 5) is 0. The number of para-hydroxylation sites is 3. The summed E-state index contributed by atoms with van der Waals surface area (Å²) in [6.45, 7) is 7.30. The SMILES string of the molecule is CCCOc1ccccc1N(C)/N=C/C1=[N+](C)c2ccccc2C1(C)C.CNC. The lowest BCUT2D eigenvalue weighted by molar-refractivity contribution is -0.400. The Morgan fingerprint density at radius 3 is 2.38 bits per heavy atom. The summed E-state index contributed by atoms with van der Waals surface area (Å²) in [6, 6.07) is 16.6. The molecule has 5 nitrogen and oxygen atoms in total. The van der Waals surface area contributed by atoms with Gasteiger partial charge in [-0.05, 0) is 46.5 Å². The standard InChI is InChI=1S/C22H28N3O.C2H7N/c1-6-15-26-20-14-10-9-13-19(20)25(5)23-16-21-22(2,3)17-11-7-8-12-18(17)24(21)4;1-3-2/h7-14,16H,6,15H2,1-5H3;3H,1-2H3/q+1;. The minimum absolute atomic E-state index is 0.0755. The number of fused-ring (bicyclic) bond motifs is 1. The number of nitrogens with one attached hydrogen (secondary N) is 1. The molecule has 0 saturated carbocycles. The fourth-order valence-corrected chi connectivity index (χ4v) is 3.49. The molecule has 1 aliphatic rings. The summed E-state index contributed by atoms with van der Waals surface area (Å²) in [5.41, 5.74) is 4.64. The zero-order valence-corrected chi connectivity index (χ0v) is 18.9. The van der Waals surface area contributed by atoms with Crippen molar-refractivity contribution in [3.05, 3.63) is 54.1 Å². The molecule has 0 aromatic heterocycles. The number of hydrogen-bond donors (Lipinski definition) is 1. The molecule has 0 spiro atoms. The van der Waals surface area contributed by atoms with Gasteiger partial charge in [0.2, 0.25) is 11.4 Å². The van der Waals surface area contributed by atoms with Crippen molar-refractivity contribution in [2.24, 2.45) is 5.10 Å². The van der Waals surface area contributed by atoms with E-state index in [1.165, 1.54) is 17.0 Å². The van der Waals surface area contributed by atoms with E-state index >= 15 is 0 Å². The van der Waals surface area contributed by atoms with Crippen LogP contribution in [0, 0.1) is 0 Å². The second-order valence-electron chi connectivity index (χ2n) is 7.67. The van der Waals surface area contributed by atoms with Gasteiger partial charge in [-0.25, -0.2) is 0 Å². The Labute approximate surface area is 175 Å². The predicted molar refractivity (Wildman–Crippen MR) is 124 cm³/mol. The average molecular weight is 396 g/mol. The molecule has 2 aromatic carbocycles. The summed E-state index contributed by atoms with van der Waals surface area (Å²) < 4.78 is 8.09. The number of rotatable bonds is 6. The van der Waals surface area contributed by atoms with Gasteiger partial charge in [0.15, 0.2) is 0 Å². The van der Waals surface area contributed by atoms with Crippen molar-refractivity contribution < 1.29 is 9.31 Å². The van der Waals surface area contributed by atoms with E-state index in [0.717, 1.165) is 17.9 Å². The molecule has 0 atom stereocenters. The third-order valence-electron chi connectivity index (χ3n) is 4.97. The molecule has 0 amide bonds. The smallest absolute Gasteiger partial charge is 0.212 e. The molecule has 1 N–H and O–H groups in total. The topological polar surface area (TPSA) is 39.9 Å². The molecule has 0 saturated heterocycles. The van der Waals surface area contributed by atoms with Crippen LogP contribution in [0.25, 0.3) is 0 Å². The zero-order chi connectivity index (χ0) is 21.4. The van der Waals surface area contributed by atoms with Crippen molar-refractivity contribution in [1.29, 1.82) is 0 Å². The van der Waals surface area contributed by atoms with E-state index in [1.807, 2.05) is 56.6 Å². The van der Waals surface area contributed by atoms with Crippen molar-refractivity contribution in [1.82, 2.24) is 5.32 Å². The van der Waals surface area contributed by atoms with E-state index < -0.39 is 0 Å². The molecule has 1 aliphatic heterocycles. The Bertz CT molecular complexity index is 871. The molecule has 5 heteroatoms. The van der Waals surface area contributed by atoms with Gasteiger partial charge in [0.05, 0.1) is 12.0 Å². The van der Waals surface area contributed by atoms with E-state index in [4.69, 9.17) is 9.84 Å². The summed E-state index contributed by atoms with van der Waals surface area (Å²) in [7, 11) is 7.81. The quantitative estimate of drug-likeness (QED) is 0.447. The first kappa shape index (κ1) is 22.6. The van der Waals surface area contributed by atoms with Gasteiger partial charge >= 0.3 is 0 Å². The lowest BCUT2D eigenvalue weighted by Crippen LogP contribution is -2.30. The van der Waals surface area contributed by atoms with Crippen molar-refractivity contribution in [3.8, 4) is 5.75 Å². The second kappa shape index (κ2) is 10.2. The Morgan fingerprint density at radius 1 is 1.10 bits per heavy atom. The van der Waals surface area contributed by atoms with Gasteiger partial charge in [-0.3, -0.25) is 5.01 Å². The maximum atomic E-state index is 5.86. The van der Waals surface area contributed by atoms with Crippen LogP contribution in [0.2, 0.25) is 0 Å². The molecular weight excluding hydrogens is 360 g/mol. The van der Waals surface area contributed by atoms with Gasteiger partial charge in [0, 0.05) is 18.7 Å². The van der Waals surface area contributed by atoms with Crippen LogP contribution in [0.15, 0.2) is 53.6 Å². The van der Waals surface area contributed by atoms with Crippen LogP contribution in [-0.2, 0) is 5.41 Å². The highest BCUT2D eigenvalue weighted by Crippen LogP contribution is 2.38. The number of anilines is 1. The molecule has 0 aliphatic carbocycles. The highest BCUT2D eigenvalue weighted by Gasteiger charge is 2.43. The van der Waals surface area contributed by atoms with Gasteiger partial charge in [0.1, 0.15) is 24.7 Å². The predicted octanol–water partition coefficient (Wildman–Crippen LogP) is 4.44. The molecule has 0 fully saturated rings. The first-order chi connectivity index (χ1) is 13.9. The molecule has 1 heterocycles. The van der Waals surface area contributed by atoms with Crippen LogP contribution < -0.4 is 15.1 Å². The second-order valence-corrected chi connectivity index (χ2v) is 7.67. The van der Waals surface area contributed by atoms with Gasteiger partial charge in [-0.2, -0.15) is 9.68 Å². The number of ether oxygens (including phenoxy) is 1. The third-order valence-corrected chi connectivity index (χ3v) is 4.97. The van der Waals surface area contributed by atoms with E-state index in [0.29, 0.717) is 6.61 Å². The lowest BCUT2D eigenvalue weighted by Gasteiger charge is -2.18. The number of hydrazone groups is 1. The van der Waals surface area contributed by atoms with E-state index in [9.17, 15) is 0 Å². The first-order valence-electron chi connectivity index (χ1n) is 10.2. The maximum Gasteiger partial charge on any atom is 0.212 e. The Kier molecular flexibility index (Phi) is 7.97. The lowest BCUT2D eigenvalue weighted by atomic mass is 9.82. The van der Waals surface area contributed by atoms with Crippen molar-refractivity contribution in [2.75, 3.05) is 39.8 Å². The zero-order valence-electron chi connectivity index (χ0n) is 18.9. The van der Waals surface area contributed by atoms with Crippen LogP contribution in [0.5, 0.6) is 5.75 Å². The number of hydrogen-bond acceptors (Lipinski definition) is 4. The van der Waals surface area contributed by atoms with Gasteiger partial charge in [-0.15, -0.1) is 0 Å². The molecule has 0 unspecified atom stereocenters. The molecule has 2 aromatic rings. The normalized spacial score (nSPS) is 14.4. The van der Waals surface area contributed by atoms with E-state index in [-0.39, 0.29) is 5.41 Å². The van der Waals surface area contributed by atoms with Crippen LogP contribution in [0.3, 0.4) is 0 Å². The number of nitrogens with zero attached hydrogens (tertiary/aromatic N) is 3. The van der Waals surface area contributed by atoms with Crippen LogP contribution in [0.1, 0.15) is 32.8 Å². The summed E-state index contributed by atoms with van der Waals surface area (Å²) in [5.74, 6) is 0.862. The molecule has 29 heavy (non-hydrogen) atoms. The first-order valence-corrected chi connectivity index (χ1v) is 10.2. The minimum atomic E-state index is -0.0755. The Hall–Kier alpha value is -2.66. The molecular formula is C24H35N4O+. The van der Waals surface area contributed by atoms with E-state index in [1.54, 1.807) is 0 Å². The van der Waals surface area contributed by atoms with Crippen molar-refractivity contribution in [2.45, 2.75) is 32.6 Å². The summed E-state index contributed by atoms with van der Waals surface area (Å²) in [5, 5.41) is 9.35. The van der Waals surface area contributed by atoms with Gasteiger partial charge in [0.25, 0.3) is 0 Å². The monoisotopic (exact) mass is 395 g/mol. The van der Waals surface area contributed by atoms with Gasteiger partial charge < -0.3 is 10.1 Å². The Morgan fingerprint density at radius 2 is 1.72 bits per heavy atom. The minimum Gasteiger partial charge on any atom is -0.491 e. The average Bonchev–Trinajstić information content (AvgIpc) is 2.91. The van der Waals surface area contributed by atoms with Crippen molar-refractivity contribution in [3.63, 3.8) is 0 Å². The molecule has 156 valence electrons. The van der Waals surface area contributed by atoms with Crippen LogP contribution in [-0.4, -0.2) is 51.3 Å². The molecule has 0 radical (unpaired) electrons. The fourth-order valence-electron chi connectivity index (χ4n) is 3.49. The highest BCUT2D eigenvalue weighted by molar-refractivity contribution is 6.33. The van der Waals surface area contributed by atoms with E-state index in [2.05, 4.69) is 62.0 Å². The summed E-state index contributed by atoms with van der Waals surface area (Å²) >= 11 is 0. The maximum absolute atomic E-state index is 5.86. The summed E-state index contributed by atoms with van der Waals surface area (Å²) in [6.07, 6.45) is 2.95. The van der Waals surface area contributed by atoms with Crippen LogP contribution in [0.4, 0.5) is 11.4 Å². The molecule has 0 bridgehead atoms. The third kappa shape index (κ3) is 5.04. The van der Waals surface area contributed by atoms with Crippen molar-refractivity contribution >= 4 is 23.3 Å². The molecule has 3 rings (SSSR count). The van der Waals surface area contributed by atoms with Gasteiger partial charge in [-0.1, -0.05) is 37.3 Å². The Balaban J connectivity index is 0.000000941. The van der Waals surface area contributed by atoms with Crippen LogP contribution >= 0.6 is 0 Å². The fraction of sp³-hybridized carbons (Fsp3) is 0.417. The highest BCUT2D eigenvalue weighted by atomic mass is 16.5.